The molecule has 0 spiro atoms. The van der Waals surface area contributed by atoms with Gasteiger partial charge in [-0.3, -0.25) is 9.52 Å². The third kappa shape index (κ3) is 9.96. The van der Waals surface area contributed by atoms with Gasteiger partial charge in [0, 0.05) is 18.6 Å². The Labute approximate surface area is 241 Å². The number of carbonyl (C=O) groups excluding carboxylic acids is 1. The highest BCUT2D eigenvalue weighted by Gasteiger charge is 2.21. The SMILES string of the molecule is COc1ccc(CNC(=O)Cc2cccc(CC(C)(C)NC[C@H](O)c3ccc(O)c(NS(C)(=O)=O)c3)c2)cc1OC. The van der Waals surface area contributed by atoms with Gasteiger partial charge in [-0.15, -0.1) is 0 Å². The second-order valence-electron chi connectivity index (χ2n) is 10.6. The van der Waals surface area contributed by atoms with E-state index in [1.54, 1.807) is 26.4 Å². The minimum absolute atomic E-state index is 0.00730. The van der Waals surface area contributed by atoms with E-state index in [9.17, 15) is 23.4 Å². The van der Waals surface area contributed by atoms with Gasteiger partial charge in [-0.1, -0.05) is 36.4 Å². The summed E-state index contributed by atoms with van der Waals surface area (Å²) in [7, 11) is -0.444. The fourth-order valence-corrected chi connectivity index (χ4v) is 4.96. The molecule has 0 unspecified atom stereocenters. The molecule has 0 aliphatic heterocycles. The Morgan fingerprint density at radius 2 is 1.66 bits per heavy atom. The number of β-amino-alcohol motifs (C(OH)–C–C–N with tert-alkyl or cyclic N) is 1. The number of nitrogens with one attached hydrogen (secondary N) is 3. The van der Waals surface area contributed by atoms with Crippen molar-refractivity contribution in [3.8, 4) is 17.2 Å². The lowest BCUT2D eigenvalue weighted by atomic mass is 9.93. The molecule has 41 heavy (non-hydrogen) atoms. The van der Waals surface area contributed by atoms with Crippen molar-refractivity contribution in [2.75, 3.05) is 31.7 Å². The van der Waals surface area contributed by atoms with Crippen LogP contribution in [-0.2, 0) is 34.2 Å². The Kier molecular flexibility index (Phi) is 10.6. The summed E-state index contributed by atoms with van der Waals surface area (Å²) in [6, 6.07) is 17.6. The standard InChI is InChI=1S/C30H39N3O7S/c1-30(2,32-19-26(35)23-10-11-25(34)24(16-23)33-41(5,37)38)17-21-8-6-7-20(13-21)15-29(36)31-18-22-9-12-27(39-3)28(14-22)40-4/h6-14,16,26,32-35H,15,17-19H2,1-5H3,(H,31,36)/t26-/m0/s1. The number of benzene rings is 3. The Hall–Kier alpha value is -3.80. The van der Waals surface area contributed by atoms with Crippen LogP contribution in [0.1, 0.15) is 42.2 Å². The van der Waals surface area contributed by atoms with Gasteiger partial charge >= 0.3 is 0 Å². The first-order valence-electron chi connectivity index (χ1n) is 13.1. The lowest BCUT2D eigenvalue weighted by Gasteiger charge is -2.28. The number of aromatic hydroxyl groups is 1. The summed E-state index contributed by atoms with van der Waals surface area (Å²) in [4.78, 5) is 12.6. The lowest BCUT2D eigenvalue weighted by Crippen LogP contribution is -2.43. The number of ether oxygens (including phenoxy) is 2. The summed E-state index contributed by atoms with van der Waals surface area (Å²) in [5.74, 6) is 0.903. The summed E-state index contributed by atoms with van der Waals surface area (Å²) in [5.41, 5.74) is 2.88. The summed E-state index contributed by atoms with van der Waals surface area (Å²) >= 11 is 0. The average Bonchev–Trinajstić information content (AvgIpc) is 2.90. The van der Waals surface area contributed by atoms with Crippen molar-refractivity contribution in [2.45, 2.75) is 44.9 Å². The fourth-order valence-electron chi connectivity index (χ4n) is 4.39. The highest BCUT2D eigenvalue weighted by Crippen LogP contribution is 2.29. The number of carbonyl (C=O) groups is 1. The molecule has 11 heteroatoms. The van der Waals surface area contributed by atoms with Crippen molar-refractivity contribution < 1.29 is 32.9 Å². The molecule has 0 aliphatic rings. The molecule has 0 bridgehead atoms. The molecule has 0 heterocycles. The van der Waals surface area contributed by atoms with E-state index in [-0.39, 0.29) is 30.3 Å². The van der Waals surface area contributed by atoms with Gasteiger partial charge in [0.25, 0.3) is 0 Å². The molecule has 0 saturated heterocycles. The van der Waals surface area contributed by atoms with Gasteiger partial charge in [-0.2, -0.15) is 0 Å². The number of anilines is 1. The van der Waals surface area contributed by atoms with E-state index < -0.39 is 21.7 Å². The quantitative estimate of drug-likeness (QED) is 0.181. The van der Waals surface area contributed by atoms with E-state index in [0.29, 0.717) is 30.0 Å². The number of hydrogen-bond acceptors (Lipinski definition) is 8. The fraction of sp³-hybridized carbons (Fsp3) is 0.367. The number of amides is 1. The molecular weight excluding hydrogens is 546 g/mol. The van der Waals surface area contributed by atoms with Gasteiger partial charge in [0.15, 0.2) is 11.5 Å². The number of aliphatic hydroxyl groups excluding tert-OH is 1. The summed E-state index contributed by atoms with van der Waals surface area (Å²) in [6.07, 6.45) is 0.924. The molecule has 222 valence electrons. The van der Waals surface area contributed by atoms with Crippen molar-refractivity contribution in [1.29, 1.82) is 0 Å². The first-order valence-corrected chi connectivity index (χ1v) is 15.0. The van der Waals surface area contributed by atoms with Crippen LogP contribution in [0.25, 0.3) is 0 Å². The number of rotatable bonds is 14. The van der Waals surface area contributed by atoms with Crippen molar-refractivity contribution in [3.63, 3.8) is 0 Å². The Balaban J connectivity index is 1.55. The maximum absolute atomic E-state index is 12.6. The summed E-state index contributed by atoms with van der Waals surface area (Å²) in [5, 5.41) is 27.0. The molecule has 10 nitrogen and oxygen atoms in total. The van der Waals surface area contributed by atoms with Crippen LogP contribution >= 0.6 is 0 Å². The van der Waals surface area contributed by atoms with Crippen LogP contribution in [-0.4, -0.2) is 57.1 Å². The Bertz CT molecular complexity index is 1460. The number of aliphatic hydroxyl groups is 1. The lowest BCUT2D eigenvalue weighted by molar-refractivity contribution is -0.120. The number of methoxy groups -OCH3 is 2. The number of hydrogen-bond donors (Lipinski definition) is 5. The molecule has 0 radical (unpaired) electrons. The molecule has 5 N–H and O–H groups in total. The van der Waals surface area contributed by atoms with Crippen molar-refractivity contribution in [3.05, 3.63) is 82.9 Å². The van der Waals surface area contributed by atoms with Crippen LogP contribution in [0, 0.1) is 0 Å². The van der Waals surface area contributed by atoms with Crippen LogP contribution < -0.4 is 24.8 Å². The Morgan fingerprint density at radius 3 is 2.34 bits per heavy atom. The highest BCUT2D eigenvalue weighted by molar-refractivity contribution is 7.92. The predicted octanol–water partition coefficient (Wildman–Crippen LogP) is 3.28. The molecule has 3 aromatic rings. The van der Waals surface area contributed by atoms with E-state index in [2.05, 4.69) is 15.4 Å². The normalized spacial score (nSPS) is 12.4. The van der Waals surface area contributed by atoms with Crippen molar-refractivity contribution in [1.82, 2.24) is 10.6 Å². The van der Waals surface area contributed by atoms with E-state index in [4.69, 9.17) is 9.47 Å². The number of sulfonamides is 1. The minimum Gasteiger partial charge on any atom is -0.506 e. The van der Waals surface area contributed by atoms with Crippen molar-refractivity contribution in [2.24, 2.45) is 0 Å². The van der Waals surface area contributed by atoms with Gasteiger partial charge in [-0.05, 0) is 66.8 Å². The number of phenolic OH excluding ortho intramolecular Hbond substituents is 1. The number of phenols is 1. The molecule has 1 atom stereocenters. The van der Waals surface area contributed by atoms with Crippen LogP contribution in [0.15, 0.2) is 60.7 Å². The van der Waals surface area contributed by atoms with Crippen LogP contribution in [0.4, 0.5) is 5.69 Å². The third-order valence-corrected chi connectivity index (χ3v) is 7.01. The van der Waals surface area contributed by atoms with Gasteiger partial charge in [-0.25, -0.2) is 8.42 Å². The first kappa shape index (κ1) is 31.7. The molecule has 3 rings (SSSR count). The highest BCUT2D eigenvalue weighted by atomic mass is 32.2. The molecule has 0 aliphatic carbocycles. The molecule has 1 amide bonds. The molecule has 0 aromatic heterocycles. The molecule has 0 fully saturated rings. The molecule has 3 aromatic carbocycles. The summed E-state index contributed by atoms with van der Waals surface area (Å²) < 4.78 is 35.9. The van der Waals surface area contributed by atoms with Gasteiger partial charge < -0.3 is 30.3 Å². The van der Waals surface area contributed by atoms with Crippen LogP contribution in [0.3, 0.4) is 0 Å². The van der Waals surface area contributed by atoms with Gasteiger partial charge in [0.1, 0.15) is 5.75 Å². The first-order chi connectivity index (χ1) is 19.3. The maximum atomic E-state index is 12.6. The van der Waals surface area contributed by atoms with E-state index >= 15 is 0 Å². The van der Waals surface area contributed by atoms with Crippen molar-refractivity contribution >= 4 is 21.6 Å². The second-order valence-corrected chi connectivity index (χ2v) is 12.3. The summed E-state index contributed by atoms with van der Waals surface area (Å²) in [6.45, 7) is 4.59. The largest absolute Gasteiger partial charge is 0.506 e. The van der Waals surface area contributed by atoms with Crippen LogP contribution in [0.5, 0.6) is 17.2 Å². The smallest absolute Gasteiger partial charge is 0.229 e. The minimum atomic E-state index is -3.59. The molecule has 0 saturated carbocycles. The zero-order valence-electron chi connectivity index (χ0n) is 24.0. The third-order valence-electron chi connectivity index (χ3n) is 6.41. The zero-order valence-corrected chi connectivity index (χ0v) is 24.8. The van der Waals surface area contributed by atoms with E-state index in [0.717, 1.165) is 22.9 Å². The maximum Gasteiger partial charge on any atom is 0.229 e. The predicted molar refractivity (Wildman–Crippen MR) is 159 cm³/mol. The zero-order chi connectivity index (χ0) is 30.2. The Morgan fingerprint density at radius 1 is 0.951 bits per heavy atom. The van der Waals surface area contributed by atoms with Gasteiger partial charge in [0.2, 0.25) is 15.9 Å². The van der Waals surface area contributed by atoms with Gasteiger partial charge in [0.05, 0.1) is 38.7 Å². The average molecular weight is 586 g/mol. The molecular formula is C30H39N3O7S. The second kappa shape index (κ2) is 13.7. The topological polar surface area (TPSA) is 146 Å². The van der Waals surface area contributed by atoms with Crippen LogP contribution in [0.2, 0.25) is 0 Å². The van der Waals surface area contributed by atoms with E-state index in [1.807, 2.05) is 50.2 Å². The van der Waals surface area contributed by atoms with E-state index in [1.165, 1.54) is 12.1 Å². The monoisotopic (exact) mass is 585 g/mol.